The van der Waals surface area contributed by atoms with Crippen LogP contribution in [0.25, 0.3) is 6.08 Å². The smallest absolute Gasteiger partial charge is 0.293 e. The van der Waals surface area contributed by atoms with E-state index in [0.717, 1.165) is 26.5 Å². The number of carbonyl (C=O) groups is 2. The maximum Gasteiger partial charge on any atom is 0.293 e. The number of halogens is 1. The molecule has 1 aliphatic heterocycles. The van der Waals surface area contributed by atoms with Gasteiger partial charge in [0.25, 0.3) is 11.1 Å². The predicted octanol–water partition coefficient (Wildman–Crippen LogP) is 4.42. The molecule has 29 heavy (non-hydrogen) atoms. The molecule has 0 saturated carbocycles. The van der Waals surface area contributed by atoms with Crippen LogP contribution in [0, 0.1) is 14.9 Å². The zero-order valence-electron chi connectivity index (χ0n) is 15.6. The number of thioether (sulfide) groups is 1. The lowest BCUT2D eigenvalue weighted by atomic mass is 10.1. The zero-order valence-corrected chi connectivity index (χ0v) is 18.5. The molecule has 1 aliphatic rings. The highest BCUT2D eigenvalue weighted by molar-refractivity contribution is 14.1. The van der Waals surface area contributed by atoms with Crippen molar-refractivity contribution in [3.05, 3.63) is 67.6 Å². The maximum absolute atomic E-state index is 12.4. The van der Waals surface area contributed by atoms with Gasteiger partial charge in [-0.15, -0.1) is 0 Å². The number of imide groups is 1. The van der Waals surface area contributed by atoms with Crippen LogP contribution in [0.4, 0.5) is 4.79 Å². The van der Waals surface area contributed by atoms with E-state index in [1.165, 1.54) is 12.0 Å². The molecule has 0 atom stereocenters. The zero-order chi connectivity index (χ0) is 20.8. The lowest BCUT2D eigenvalue weighted by Gasteiger charge is -2.11. The third-order valence-electron chi connectivity index (χ3n) is 4.17. The second kappa shape index (κ2) is 9.91. The summed E-state index contributed by atoms with van der Waals surface area (Å²) in [6.07, 6.45) is 1.70. The Morgan fingerprint density at radius 2 is 2.03 bits per heavy atom. The van der Waals surface area contributed by atoms with Gasteiger partial charge in [-0.1, -0.05) is 24.3 Å². The van der Waals surface area contributed by atoms with Crippen molar-refractivity contribution in [3.63, 3.8) is 0 Å². The summed E-state index contributed by atoms with van der Waals surface area (Å²) in [4.78, 5) is 26.0. The first kappa shape index (κ1) is 21.4. The van der Waals surface area contributed by atoms with Gasteiger partial charge in [-0.05, 0) is 64.2 Å². The largest absolute Gasteiger partial charge is 0.488 e. The Hall–Kier alpha value is -2.35. The van der Waals surface area contributed by atoms with Crippen molar-refractivity contribution in [1.29, 1.82) is 5.26 Å². The number of benzene rings is 2. The number of amides is 2. The van der Waals surface area contributed by atoms with Gasteiger partial charge in [0, 0.05) is 12.7 Å². The number of methoxy groups -OCH3 is 1. The number of carbonyl (C=O) groups excluding carboxylic acids is 2. The van der Waals surface area contributed by atoms with Gasteiger partial charge in [0.05, 0.1) is 33.3 Å². The van der Waals surface area contributed by atoms with Crippen LogP contribution in [0.1, 0.15) is 16.7 Å². The Labute approximate surface area is 186 Å². The van der Waals surface area contributed by atoms with Crippen LogP contribution in [-0.2, 0) is 16.1 Å². The summed E-state index contributed by atoms with van der Waals surface area (Å²) in [7, 11) is 1.53. The predicted molar refractivity (Wildman–Crippen MR) is 119 cm³/mol. The molecule has 0 aliphatic carbocycles. The molecule has 6 nitrogen and oxygen atoms in total. The molecule has 148 valence electrons. The van der Waals surface area contributed by atoms with Gasteiger partial charge in [0.2, 0.25) is 0 Å². The lowest BCUT2D eigenvalue weighted by Crippen LogP contribution is -2.31. The summed E-state index contributed by atoms with van der Waals surface area (Å²) in [5, 5.41) is 8.88. The minimum absolute atomic E-state index is 0.243. The number of nitrogens with zero attached hydrogens (tertiary/aromatic N) is 2. The molecular formula is C21H17IN2O4S. The van der Waals surface area contributed by atoms with Crippen molar-refractivity contribution < 1.29 is 19.1 Å². The maximum atomic E-state index is 12.4. The quantitative estimate of drug-likeness (QED) is 0.397. The topological polar surface area (TPSA) is 79.6 Å². The third-order valence-corrected chi connectivity index (χ3v) is 5.92. The molecule has 0 unspecified atom stereocenters. The van der Waals surface area contributed by atoms with Gasteiger partial charge in [-0.3, -0.25) is 14.5 Å². The fourth-order valence-corrected chi connectivity index (χ4v) is 4.22. The SMILES string of the molecule is COCCN1C(=O)S/C(=C/c2ccc(OCc3ccccc3C#N)c(I)c2)C1=O. The fraction of sp³-hybridized carbons (Fsp3) is 0.190. The van der Waals surface area contributed by atoms with E-state index in [0.29, 0.717) is 22.8 Å². The molecule has 3 rings (SSSR count). The van der Waals surface area contributed by atoms with E-state index in [9.17, 15) is 14.9 Å². The van der Waals surface area contributed by atoms with Crippen LogP contribution >= 0.6 is 34.4 Å². The van der Waals surface area contributed by atoms with Crippen LogP contribution < -0.4 is 4.74 Å². The molecule has 8 heteroatoms. The van der Waals surface area contributed by atoms with E-state index < -0.39 is 0 Å². The van der Waals surface area contributed by atoms with Crippen molar-refractivity contribution in [2.45, 2.75) is 6.61 Å². The van der Waals surface area contributed by atoms with E-state index in [1.807, 2.05) is 36.4 Å². The van der Waals surface area contributed by atoms with Crippen LogP contribution in [0.15, 0.2) is 47.4 Å². The molecule has 0 spiro atoms. The Morgan fingerprint density at radius 3 is 2.76 bits per heavy atom. The van der Waals surface area contributed by atoms with Gasteiger partial charge in [0.15, 0.2) is 0 Å². The monoisotopic (exact) mass is 520 g/mol. The highest BCUT2D eigenvalue weighted by Gasteiger charge is 2.34. The van der Waals surface area contributed by atoms with Gasteiger partial charge in [0.1, 0.15) is 12.4 Å². The van der Waals surface area contributed by atoms with E-state index in [1.54, 1.807) is 12.1 Å². The van der Waals surface area contributed by atoms with E-state index in [-0.39, 0.29) is 24.3 Å². The summed E-state index contributed by atoms with van der Waals surface area (Å²) in [6.45, 7) is 0.842. The fourth-order valence-electron chi connectivity index (χ4n) is 2.66. The van der Waals surface area contributed by atoms with Gasteiger partial charge in [-0.25, -0.2) is 0 Å². The van der Waals surface area contributed by atoms with E-state index in [2.05, 4.69) is 28.7 Å². The Kier molecular flexibility index (Phi) is 7.30. The van der Waals surface area contributed by atoms with Crippen molar-refractivity contribution in [2.75, 3.05) is 20.3 Å². The van der Waals surface area contributed by atoms with E-state index >= 15 is 0 Å². The lowest BCUT2D eigenvalue weighted by molar-refractivity contribution is -0.123. The molecule has 2 aromatic rings. The number of hydrogen-bond donors (Lipinski definition) is 0. The summed E-state index contributed by atoms with van der Waals surface area (Å²) >= 11 is 3.09. The molecule has 1 fully saturated rings. The number of rotatable bonds is 7. The van der Waals surface area contributed by atoms with Crippen molar-refractivity contribution in [3.8, 4) is 11.8 Å². The number of nitriles is 1. The summed E-state index contributed by atoms with van der Waals surface area (Å²) in [5.74, 6) is 0.379. The normalized spacial score (nSPS) is 15.1. The average Bonchev–Trinajstić information content (AvgIpc) is 2.98. The summed E-state index contributed by atoms with van der Waals surface area (Å²) in [5.41, 5.74) is 2.21. The summed E-state index contributed by atoms with van der Waals surface area (Å²) in [6, 6.07) is 15.0. The second-order valence-corrected chi connectivity index (χ2v) is 8.23. The highest BCUT2D eigenvalue weighted by Crippen LogP contribution is 2.33. The van der Waals surface area contributed by atoms with E-state index in [4.69, 9.17) is 9.47 Å². The van der Waals surface area contributed by atoms with Crippen molar-refractivity contribution >= 4 is 51.6 Å². The third kappa shape index (κ3) is 5.18. The van der Waals surface area contributed by atoms with Crippen molar-refractivity contribution in [1.82, 2.24) is 4.90 Å². The Bertz CT molecular complexity index is 1020. The molecule has 0 aromatic heterocycles. The molecule has 1 heterocycles. The first-order valence-corrected chi connectivity index (χ1v) is 10.6. The first-order chi connectivity index (χ1) is 14.0. The highest BCUT2D eigenvalue weighted by atomic mass is 127. The van der Waals surface area contributed by atoms with Gasteiger partial charge in [-0.2, -0.15) is 5.26 Å². The molecule has 2 amide bonds. The molecular weight excluding hydrogens is 503 g/mol. The molecule has 1 saturated heterocycles. The van der Waals surface area contributed by atoms with Gasteiger partial charge < -0.3 is 9.47 Å². The molecule has 0 bridgehead atoms. The minimum Gasteiger partial charge on any atom is -0.488 e. The van der Waals surface area contributed by atoms with Crippen LogP contribution in [0.5, 0.6) is 5.75 Å². The molecule has 0 radical (unpaired) electrons. The van der Waals surface area contributed by atoms with Crippen LogP contribution in [0.2, 0.25) is 0 Å². The molecule has 0 N–H and O–H groups in total. The van der Waals surface area contributed by atoms with Crippen molar-refractivity contribution in [2.24, 2.45) is 0 Å². The average molecular weight is 520 g/mol. The number of hydrogen-bond acceptors (Lipinski definition) is 6. The van der Waals surface area contributed by atoms with Crippen LogP contribution in [-0.4, -0.2) is 36.3 Å². The minimum atomic E-state index is -0.305. The number of ether oxygens (including phenoxy) is 2. The second-order valence-electron chi connectivity index (χ2n) is 6.07. The standard InChI is InChI=1S/C21H17IN2O4S/c1-27-9-8-24-20(25)19(29-21(24)26)11-14-6-7-18(17(22)10-14)28-13-16-5-3-2-4-15(16)12-23/h2-7,10-11H,8-9,13H2,1H3/b19-11+. The summed E-state index contributed by atoms with van der Waals surface area (Å²) < 4.78 is 11.7. The van der Waals surface area contributed by atoms with Crippen LogP contribution in [0.3, 0.4) is 0 Å². The first-order valence-electron chi connectivity index (χ1n) is 8.68. The molecule has 2 aromatic carbocycles. The Morgan fingerprint density at radius 1 is 1.24 bits per heavy atom. The van der Waals surface area contributed by atoms with Gasteiger partial charge >= 0.3 is 0 Å². The Balaban J connectivity index is 1.71.